The molecule has 2 unspecified atom stereocenters. The number of carbonyl (C=O) groups is 3. The summed E-state index contributed by atoms with van der Waals surface area (Å²) in [7, 11) is 0. The molecule has 9 nitrogen and oxygen atoms in total. The Morgan fingerprint density at radius 1 is 1.16 bits per heavy atom. The van der Waals surface area contributed by atoms with Crippen molar-refractivity contribution in [2.75, 3.05) is 31.2 Å². The summed E-state index contributed by atoms with van der Waals surface area (Å²) in [6, 6.07) is 5.73. The molecule has 1 N–H and O–H groups in total. The fourth-order valence-corrected chi connectivity index (χ4v) is 7.32. The standard InChI is InChI=1S/C34H49N3O6/c1-9-19-35(23-13-15-24(16-14-23)42-12-4)30(39)27-26-17-18-34(43-26)28(27)31(40)37(25(21-38)22(5)11-3)29(34)32(41)36(20-10-2)33(6,7)8/h9-10,13-16,22,25-29,38H,1-2,11-12,17-21H2,3-8H3/t22-,25-,26+,27-,28-,29?,34?/m0/s1. The van der Waals surface area contributed by atoms with E-state index in [4.69, 9.17) is 9.47 Å². The van der Waals surface area contributed by atoms with Crippen molar-refractivity contribution in [1.82, 2.24) is 9.80 Å². The third-order valence-electron chi connectivity index (χ3n) is 9.53. The van der Waals surface area contributed by atoms with Crippen LogP contribution in [-0.4, -0.2) is 88.3 Å². The molecular formula is C34H49N3O6. The lowest BCUT2D eigenvalue weighted by molar-refractivity contribution is -0.155. The number of hydrogen-bond donors (Lipinski definition) is 1. The number of rotatable bonds is 13. The Kier molecular flexibility index (Phi) is 9.76. The molecule has 1 aromatic carbocycles. The molecule has 43 heavy (non-hydrogen) atoms. The van der Waals surface area contributed by atoms with Gasteiger partial charge in [0.05, 0.1) is 37.2 Å². The van der Waals surface area contributed by atoms with Crippen LogP contribution in [0.15, 0.2) is 49.6 Å². The van der Waals surface area contributed by atoms with Crippen molar-refractivity contribution >= 4 is 23.4 Å². The van der Waals surface area contributed by atoms with Crippen molar-refractivity contribution in [1.29, 1.82) is 0 Å². The molecule has 3 fully saturated rings. The lowest BCUT2D eigenvalue weighted by Gasteiger charge is -2.44. The molecule has 0 aromatic heterocycles. The topological polar surface area (TPSA) is 99.6 Å². The van der Waals surface area contributed by atoms with E-state index >= 15 is 0 Å². The molecule has 4 rings (SSSR count). The van der Waals surface area contributed by atoms with Crippen LogP contribution in [0.1, 0.15) is 60.8 Å². The Balaban J connectivity index is 1.80. The molecule has 0 aliphatic carbocycles. The molecule has 3 amide bonds. The molecule has 0 radical (unpaired) electrons. The molecule has 2 bridgehead atoms. The van der Waals surface area contributed by atoms with Crippen LogP contribution >= 0.6 is 0 Å². The van der Waals surface area contributed by atoms with Gasteiger partial charge in [-0.2, -0.15) is 0 Å². The smallest absolute Gasteiger partial charge is 0.249 e. The van der Waals surface area contributed by atoms with Crippen LogP contribution in [0, 0.1) is 17.8 Å². The minimum atomic E-state index is -1.16. The summed E-state index contributed by atoms with van der Waals surface area (Å²) in [5.74, 6) is -1.76. The average Bonchev–Trinajstić information content (AvgIpc) is 3.62. The highest BCUT2D eigenvalue weighted by atomic mass is 16.5. The zero-order chi connectivity index (χ0) is 31.7. The van der Waals surface area contributed by atoms with Gasteiger partial charge in [-0.05, 0) is 70.7 Å². The minimum absolute atomic E-state index is 0.0746. The molecular weight excluding hydrogens is 546 g/mol. The van der Waals surface area contributed by atoms with Crippen LogP contribution in [0.2, 0.25) is 0 Å². The quantitative estimate of drug-likeness (QED) is 0.343. The molecule has 1 spiro atoms. The second kappa shape index (κ2) is 12.8. The fraction of sp³-hybridized carbons (Fsp3) is 0.618. The largest absolute Gasteiger partial charge is 0.494 e. The summed E-state index contributed by atoms with van der Waals surface area (Å²) in [4.78, 5) is 48.6. The number of anilines is 1. The second-order valence-corrected chi connectivity index (χ2v) is 13.0. The normalized spacial score (nSPS) is 27.4. The lowest BCUT2D eigenvalue weighted by atomic mass is 9.70. The van der Waals surface area contributed by atoms with E-state index in [0.717, 1.165) is 0 Å². The predicted molar refractivity (Wildman–Crippen MR) is 167 cm³/mol. The van der Waals surface area contributed by atoms with Crippen LogP contribution < -0.4 is 9.64 Å². The maximum absolute atomic E-state index is 14.6. The van der Waals surface area contributed by atoms with Gasteiger partial charge in [0, 0.05) is 24.3 Å². The molecule has 9 heteroatoms. The number of ether oxygens (including phenoxy) is 2. The van der Waals surface area contributed by atoms with Gasteiger partial charge in [-0.3, -0.25) is 14.4 Å². The number of amides is 3. The Labute approximate surface area is 256 Å². The molecule has 7 atom stereocenters. The highest BCUT2D eigenvalue weighted by Crippen LogP contribution is 2.60. The number of carbonyl (C=O) groups excluding carboxylic acids is 3. The van der Waals surface area contributed by atoms with E-state index in [9.17, 15) is 19.5 Å². The second-order valence-electron chi connectivity index (χ2n) is 13.0. The maximum Gasteiger partial charge on any atom is 0.249 e. The summed E-state index contributed by atoms with van der Waals surface area (Å²) in [5.41, 5.74) is -1.05. The van der Waals surface area contributed by atoms with Gasteiger partial charge in [0.1, 0.15) is 17.4 Å². The number of fused-ring (bicyclic) bond motifs is 1. The summed E-state index contributed by atoms with van der Waals surface area (Å²) in [6.45, 7) is 20.3. The maximum atomic E-state index is 14.6. The van der Waals surface area contributed by atoms with Gasteiger partial charge in [0.15, 0.2) is 0 Å². The van der Waals surface area contributed by atoms with Crippen molar-refractivity contribution in [3.8, 4) is 5.75 Å². The lowest BCUT2D eigenvalue weighted by Crippen LogP contribution is -2.62. The Bertz CT molecular complexity index is 1210. The first-order chi connectivity index (χ1) is 20.4. The molecule has 3 heterocycles. The Morgan fingerprint density at radius 3 is 2.35 bits per heavy atom. The van der Waals surface area contributed by atoms with Gasteiger partial charge in [-0.25, -0.2) is 0 Å². The summed E-state index contributed by atoms with van der Waals surface area (Å²) >= 11 is 0. The third-order valence-corrected chi connectivity index (χ3v) is 9.53. The number of nitrogens with zero attached hydrogens (tertiary/aromatic N) is 3. The SMILES string of the molecule is C=CCN(C(=O)[C@@H]1[C@H]2C(=O)N([C@@H](CO)[C@@H](C)CC)C(C(=O)N(CC=C)C(C)(C)C)C23CC[C@H]1O3)c1ccc(OCC)cc1. The van der Waals surface area contributed by atoms with Crippen LogP contribution in [0.25, 0.3) is 0 Å². The monoisotopic (exact) mass is 595 g/mol. The number of hydrogen-bond acceptors (Lipinski definition) is 6. The highest BCUT2D eigenvalue weighted by molar-refractivity contribution is 6.03. The first-order valence-corrected chi connectivity index (χ1v) is 15.6. The van der Waals surface area contributed by atoms with E-state index in [0.29, 0.717) is 43.9 Å². The average molecular weight is 596 g/mol. The fourth-order valence-electron chi connectivity index (χ4n) is 7.32. The van der Waals surface area contributed by atoms with Gasteiger partial charge < -0.3 is 29.3 Å². The van der Waals surface area contributed by atoms with Gasteiger partial charge >= 0.3 is 0 Å². The summed E-state index contributed by atoms with van der Waals surface area (Å²) < 4.78 is 12.3. The number of benzene rings is 1. The Morgan fingerprint density at radius 2 is 1.81 bits per heavy atom. The van der Waals surface area contributed by atoms with E-state index in [1.54, 1.807) is 26.9 Å². The summed E-state index contributed by atoms with van der Waals surface area (Å²) in [6.07, 6.45) is 4.61. The van der Waals surface area contributed by atoms with Crippen LogP contribution in [0.4, 0.5) is 5.69 Å². The van der Waals surface area contributed by atoms with Gasteiger partial charge in [-0.15, -0.1) is 13.2 Å². The van der Waals surface area contributed by atoms with Crippen LogP contribution in [0.3, 0.4) is 0 Å². The van der Waals surface area contributed by atoms with Crippen molar-refractivity contribution < 1.29 is 29.0 Å². The zero-order valence-corrected chi connectivity index (χ0v) is 26.6. The molecule has 3 saturated heterocycles. The third kappa shape index (κ3) is 5.62. The number of aliphatic hydroxyl groups excluding tert-OH is 1. The van der Waals surface area contributed by atoms with Crippen molar-refractivity contribution in [3.05, 3.63) is 49.6 Å². The highest BCUT2D eigenvalue weighted by Gasteiger charge is 2.75. The Hall–Kier alpha value is -3.17. The van der Waals surface area contributed by atoms with Crippen molar-refractivity contribution in [2.24, 2.45) is 17.8 Å². The molecule has 3 aliphatic heterocycles. The van der Waals surface area contributed by atoms with Crippen molar-refractivity contribution in [3.63, 3.8) is 0 Å². The van der Waals surface area contributed by atoms with Gasteiger partial charge in [0.25, 0.3) is 0 Å². The zero-order valence-electron chi connectivity index (χ0n) is 26.6. The van der Waals surface area contributed by atoms with E-state index < -0.39 is 41.2 Å². The van der Waals surface area contributed by atoms with Crippen molar-refractivity contribution in [2.45, 2.75) is 90.1 Å². The van der Waals surface area contributed by atoms with E-state index in [1.165, 1.54) is 0 Å². The van der Waals surface area contributed by atoms with Crippen LogP contribution in [-0.2, 0) is 19.1 Å². The first-order valence-electron chi connectivity index (χ1n) is 15.6. The van der Waals surface area contributed by atoms with Gasteiger partial charge in [-0.1, -0.05) is 32.4 Å². The number of likely N-dealkylation sites (tertiary alicyclic amines) is 1. The van der Waals surface area contributed by atoms with E-state index in [1.807, 2.05) is 65.8 Å². The van der Waals surface area contributed by atoms with E-state index in [-0.39, 0.29) is 36.8 Å². The first kappa shape index (κ1) is 32.7. The minimum Gasteiger partial charge on any atom is -0.494 e. The molecule has 1 aromatic rings. The molecule has 0 saturated carbocycles. The van der Waals surface area contributed by atoms with E-state index in [2.05, 4.69) is 13.2 Å². The molecule has 3 aliphatic rings. The predicted octanol–water partition coefficient (Wildman–Crippen LogP) is 4.20. The number of aliphatic hydroxyl groups is 1. The van der Waals surface area contributed by atoms with Crippen LogP contribution in [0.5, 0.6) is 5.75 Å². The molecule has 236 valence electrons. The summed E-state index contributed by atoms with van der Waals surface area (Å²) in [5, 5.41) is 10.6. The van der Waals surface area contributed by atoms with Gasteiger partial charge in [0.2, 0.25) is 17.7 Å².